The van der Waals surface area contributed by atoms with Gasteiger partial charge in [0, 0.05) is 23.8 Å². The number of nitrogens with zero attached hydrogens (tertiary/aromatic N) is 3. The highest BCUT2D eigenvalue weighted by atomic mass is 19.3. The monoisotopic (exact) mass is 327 g/mol. The molecule has 1 aliphatic rings. The van der Waals surface area contributed by atoms with Crippen LogP contribution in [-0.4, -0.2) is 33.2 Å². The first kappa shape index (κ1) is 17.9. The second kappa shape index (κ2) is 7.41. The highest BCUT2D eigenvalue weighted by molar-refractivity contribution is 5.79. The molecule has 23 heavy (non-hydrogen) atoms. The Labute approximate surface area is 136 Å². The summed E-state index contributed by atoms with van der Waals surface area (Å²) < 4.78 is 26.6. The van der Waals surface area contributed by atoms with Crippen LogP contribution < -0.4 is 0 Å². The maximum absolute atomic E-state index is 12.9. The zero-order valence-electron chi connectivity index (χ0n) is 14.5. The maximum Gasteiger partial charge on any atom is 0.333 e. The number of aromatic nitrogens is 2. The number of likely N-dealkylation sites (tertiary alicyclic amines) is 1. The molecule has 0 radical (unpaired) electrons. The normalized spacial score (nSPS) is 22.0. The van der Waals surface area contributed by atoms with E-state index in [1.807, 2.05) is 4.90 Å². The first-order valence-corrected chi connectivity index (χ1v) is 8.49. The average molecular weight is 327 g/mol. The van der Waals surface area contributed by atoms with Crippen LogP contribution >= 0.6 is 0 Å². The topological polar surface area (TPSA) is 38.1 Å². The van der Waals surface area contributed by atoms with Gasteiger partial charge in [0.2, 0.25) is 5.91 Å². The Morgan fingerprint density at radius 2 is 2.09 bits per heavy atom. The highest BCUT2D eigenvalue weighted by Gasteiger charge is 2.32. The van der Waals surface area contributed by atoms with E-state index in [4.69, 9.17) is 0 Å². The molecule has 1 fully saturated rings. The van der Waals surface area contributed by atoms with Crippen LogP contribution in [-0.2, 0) is 11.2 Å². The van der Waals surface area contributed by atoms with Gasteiger partial charge in [-0.05, 0) is 39.0 Å². The Kier molecular flexibility index (Phi) is 5.76. The van der Waals surface area contributed by atoms with Crippen molar-refractivity contribution in [3.05, 3.63) is 17.0 Å². The molecule has 4 nitrogen and oxygen atoms in total. The van der Waals surface area contributed by atoms with E-state index in [0.717, 1.165) is 32.2 Å². The van der Waals surface area contributed by atoms with Crippen LogP contribution in [0.3, 0.4) is 0 Å². The zero-order chi connectivity index (χ0) is 17.1. The predicted molar refractivity (Wildman–Crippen MR) is 85.5 cm³/mol. The van der Waals surface area contributed by atoms with Crippen LogP contribution in [0.5, 0.6) is 0 Å². The lowest BCUT2D eigenvalue weighted by Gasteiger charge is -2.40. The molecular weight excluding hydrogens is 300 g/mol. The van der Waals surface area contributed by atoms with E-state index >= 15 is 0 Å². The van der Waals surface area contributed by atoms with E-state index < -0.39 is 6.55 Å². The standard InChI is InChI=1S/C17H27F2N3O/c1-5-7-15-11(2)8-6-9-21(15)16(23)10-14-12(3)20-22(13(14)4)17(18)19/h11,15,17H,5-10H2,1-4H3. The Bertz CT molecular complexity index is 556. The van der Waals surface area contributed by atoms with E-state index in [-0.39, 0.29) is 18.4 Å². The van der Waals surface area contributed by atoms with Crippen molar-refractivity contribution in [2.45, 2.75) is 72.4 Å². The number of aryl methyl sites for hydroxylation is 1. The number of carbonyl (C=O) groups excluding carboxylic acids is 1. The van der Waals surface area contributed by atoms with Crippen LogP contribution in [0.2, 0.25) is 0 Å². The van der Waals surface area contributed by atoms with Gasteiger partial charge in [0.1, 0.15) is 0 Å². The molecule has 0 spiro atoms. The first-order chi connectivity index (χ1) is 10.9. The molecule has 1 saturated heterocycles. The second-order valence-electron chi connectivity index (χ2n) is 6.61. The zero-order valence-corrected chi connectivity index (χ0v) is 14.5. The van der Waals surface area contributed by atoms with Crippen LogP contribution in [0.4, 0.5) is 8.78 Å². The van der Waals surface area contributed by atoms with Crippen LogP contribution in [0.25, 0.3) is 0 Å². The minimum absolute atomic E-state index is 0.0371. The summed E-state index contributed by atoms with van der Waals surface area (Å²) >= 11 is 0. The van der Waals surface area contributed by atoms with Gasteiger partial charge in [0.05, 0.1) is 12.1 Å². The third kappa shape index (κ3) is 3.72. The molecule has 0 saturated carbocycles. The van der Waals surface area contributed by atoms with Crippen LogP contribution in [0, 0.1) is 19.8 Å². The minimum atomic E-state index is -2.67. The second-order valence-corrected chi connectivity index (χ2v) is 6.61. The van der Waals surface area contributed by atoms with Crippen molar-refractivity contribution >= 4 is 5.91 Å². The van der Waals surface area contributed by atoms with Crippen molar-refractivity contribution in [3.8, 4) is 0 Å². The summed E-state index contributed by atoms with van der Waals surface area (Å²) in [4.78, 5) is 14.8. The molecule has 0 bridgehead atoms. The summed E-state index contributed by atoms with van der Waals surface area (Å²) in [7, 11) is 0. The molecule has 1 aliphatic heterocycles. The van der Waals surface area contributed by atoms with E-state index in [0.29, 0.717) is 27.6 Å². The van der Waals surface area contributed by atoms with E-state index in [9.17, 15) is 13.6 Å². The van der Waals surface area contributed by atoms with Gasteiger partial charge in [-0.25, -0.2) is 4.68 Å². The molecule has 1 aromatic rings. The number of hydrogen-bond donors (Lipinski definition) is 0. The van der Waals surface area contributed by atoms with Crippen LogP contribution in [0.15, 0.2) is 0 Å². The fourth-order valence-corrected chi connectivity index (χ4v) is 3.69. The minimum Gasteiger partial charge on any atom is -0.339 e. The smallest absolute Gasteiger partial charge is 0.333 e. The van der Waals surface area contributed by atoms with E-state index in [1.54, 1.807) is 13.8 Å². The Morgan fingerprint density at radius 3 is 2.65 bits per heavy atom. The van der Waals surface area contributed by atoms with Gasteiger partial charge in [-0.1, -0.05) is 20.3 Å². The molecule has 0 N–H and O–H groups in total. The summed E-state index contributed by atoms with van der Waals surface area (Å²) in [6.45, 7) is 5.74. The number of rotatable bonds is 5. The number of halogens is 2. The predicted octanol–water partition coefficient (Wildman–Crippen LogP) is 3.86. The van der Waals surface area contributed by atoms with Gasteiger partial charge in [-0.15, -0.1) is 0 Å². The molecule has 1 amide bonds. The molecule has 6 heteroatoms. The third-order valence-electron chi connectivity index (χ3n) is 5.01. The van der Waals surface area contributed by atoms with Gasteiger partial charge in [-0.3, -0.25) is 4.79 Å². The molecule has 2 unspecified atom stereocenters. The number of carbonyl (C=O) groups is 1. The molecule has 0 aliphatic carbocycles. The molecular formula is C17H27F2N3O. The molecule has 2 heterocycles. The average Bonchev–Trinajstić information content (AvgIpc) is 2.77. The third-order valence-corrected chi connectivity index (χ3v) is 5.01. The summed E-state index contributed by atoms with van der Waals surface area (Å²) in [5.74, 6) is 0.536. The quantitative estimate of drug-likeness (QED) is 0.823. The fraction of sp³-hybridized carbons (Fsp3) is 0.765. The van der Waals surface area contributed by atoms with Crippen LogP contribution in [0.1, 0.15) is 63.0 Å². The van der Waals surface area contributed by atoms with Gasteiger partial charge in [-0.2, -0.15) is 13.9 Å². The largest absolute Gasteiger partial charge is 0.339 e. The van der Waals surface area contributed by atoms with Crippen molar-refractivity contribution in [1.82, 2.24) is 14.7 Å². The van der Waals surface area contributed by atoms with Crippen molar-refractivity contribution in [2.24, 2.45) is 5.92 Å². The molecule has 0 aromatic carbocycles. The van der Waals surface area contributed by atoms with Crippen molar-refractivity contribution in [2.75, 3.05) is 6.54 Å². The summed E-state index contributed by atoms with van der Waals surface area (Å²) in [6.07, 6.45) is 4.37. The number of piperidine rings is 1. The number of hydrogen-bond acceptors (Lipinski definition) is 2. The summed E-state index contributed by atoms with van der Waals surface area (Å²) in [5, 5.41) is 3.87. The number of alkyl halides is 2. The van der Waals surface area contributed by atoms with Crippen molar-refractivity contribution in [1.29, 1.82) is 0 Å². The SMILES string of the molecule is CCCC1C(C)CCCN1C(=O)Cc1c(C)nn(C(F)F)c1C. The molecule has 1 aromatic heterocycles. The van der Waals surface area contributed by atoms with E-state index in [1.165, 1.54) is 0 Å². The Hall–Kier alpha value is -1.46. The van der Waals surface area contributed by atoms with Gasteiger partial charge < -0.3 is 4.90 Å². The fourth-order valence-electron chi connectivity index (χ4n) is 3.69. The maximum atomic E-state index is 12.9. The van der Waals surface area contributed by atoms with Gasteiger partial charge >= 0.3 is 6.55 Å². The van der Waals surface area contributed by atoms with Crippen molar-refractivity contribution in [3.63, 3.8) is 0 Å². The lowest BCUT2D eigenvalue weighted by Crippen LogP contribution is -2.48. The van der Waals surface area contributed by atoms with E-state index in [2.05, 4.69) is 18.9 Å². The lowest BCUT2D eigenvalue weighted by atomic mass is 9.87. The summed E-state index contributed by atoms with van der Waals surface area (Å²) in [6, 6.07) is 0.270. The Balaban J connectivity index is 2.18. The Morgan fingerprint density at radius 1 is 1.39 bits per heavy atom. The molecule has 2 rings (SSSR count). The first-order valence-electron chi connectivity index (χ1n) is 8.49. The molecule has 130 valence electrons. The molecule has 2 atom stereocenters. The number of amides is 1. The highest BCUT2D eigenvalue weighted by Crippen LogP contribution is 2.28. The van der Waals surface area contributed by atoms with Gasteiger partial charge in [0.15, 0.2) is 0 Å². The van der Waals surface area contributed by atoms with Gasteiger partial charge in [0.25, 0.3) is 0 Å². The lowest BCUT2D eigenvalue weighted by molar-refractivity contribution is -0.135. The summed E-state index contributed by atoms with van der Waals surface area (Å²) in [5.41, 5.74) is 1.56. The van der Waals surface area contributed by atoms with Crippen molar-refractivity contribution < 1.29 is 13.6 Å².